The summed E-state index contributed by atoms with van der Waals surface area (Å²) in [6.07, 6.45) is 4.02. The molecule has 1 fully saturated rings. The van der Waals surface area contributed by atoms with E-state index in [0.29, 0.717) is 15.1 Å². The largest absolute Gasteiger partial charge is 0.468 e. The fourth-order valence-corrected chi connectivity index (χ4v) is 3.08. The molecular weight excluding hydrogens is 358 g/mol. The zero-order chi connectivity index (χ0) is 15.4. The molecule has 0 unspecified atom stereocenters. The first-order chi connectivity index (χ1) is 10.0. The van der Waals surface area contributed by atoms with Gasteiger partial charge in [0, 0.05) is 16.1 Å². The number of ether oxygens (including phenoxy) is 1. The lowest BCUT2D eigenvalue weighted by Gasteiger charge is -2.28. The molecule has 6 heteroatoms. The third-order valence-electron chi connectivity index (χ3n) is 3.72. The lowest BCUT2D eigenvalue weighted by atomic mass is 10.1. The van der Waals surface area contributed by atoms with Gasteiger partial charge in [0.25, 0.3) is 5.91 Å². The summed E-state index contributed by atoms with van der Waals surface area (Å²) in [6, 6.07) is 5.13. The molecule has 0 atom stereocenters. The van der Waals surface area contributed by atoms with Crippen molar-refractivity contribution < 1.29 is 14.3 Å². The maximum atomic E-state index is 12.7. The number of nitrogens with zero attached hydrogens (tertiary/aromatic N) is 1. The predicted octanol–water partition coefficient (Wildman–Crippen LogP) is 3.66. The molecule has 0 N–H and O–H groups in total. The minimum absolute atomic E-state index is 0.0136. The van der Waals surface area contributed by atoms with Crippen LogP contribution in [0.5, 0.6) is 0 Å². The maximum Gasteiger partial charge on any atom is 0.325 e. The van der Waals surface area contributed by atoms with Crippen LogP contribution in [0.25, 0.3) is 0 Å². The summed E-state index contributed by atoms with van der Waals surface area (Å²) in [7, 11) is 1.33. The molecular formula is C15H17BrClNO3. The molecule has 1 aromatic rings. The van der Waals surface area contributed by atoms with E-state index in [1.165, 1.54) is 7.11 Å². The molecule has 21 heavy (non-hydrogen) atoms. The van der Waals surface area contributed by atoms with Crippen LogP contribution in [0.15, 0.2) is 22.7 Å². The topological polar surface area (TPSA) is 46.6 Å². The Morgan fingerprint density at radius 3 is 2.62 bits per heavy atom. The highest BCUT2D eigenvalue weighted by Crippen LogP contribution is 2.27. The molecule has 0 aliphatic heterocycles. The summed E-state index contributed by atoms with van der Waals surface area (Å²) in [5, 5.41) is 0.548. The molecule has 1 aliphatic rings. The summed E-state index contributed by atoms with van der Waals surface area (Å²) in [6.45, 7) is -0.0136. The van der Waals surface area contributed by atoms with Crippen molar-refractivity contribution in [3.63, 3.8) is 0 Å². The molecule has 1 aromatic carbocycles. The Bertz CT molecular complexity index is 544. The summed E-state index contributed by atoms with van der Waals surface area (Å²) in [4.78, 5) is 25.9. The first kappa shape index (κ1) is 16.3. The zero-order valence-electron chi connectivity index (χ0n) is 11.8. The third-order valence-corrected chi connectivity index (χ3v) is 4.93. The maximum absolute atomic E-state index is 12.7. The predicted molar refractivity (Wildman–Crippen MR) is 84.5 cm³/mol. The standard InChI is InChI=1S/C15H17BrClNO3/c1-21-14(19)9-18(11-4-2-3-5-11)15(20)10-6-7-13(17)12(16)8-10/h6-8,11H,2-5,9H2,1H3. The van der Waals surface area contributed by atoms with E-state index in [4.69, 9.17) is 16.3 Å². The van der Waals surface area contributed by atoms with E-state index in [-0.39, 0.29) is 18.5 Å². The van der Waals surface area contributed by atoms with Crippen molar-refractivity contribution in [2.24, 2.45) is 0 Å². The Morgan fingerprint density at radius 1 is 1.38 bits per heavy atom. The number of carbonyl (C=O) groups is 2. The van der Waals surface area contributed by atoms with Gasteiger partial charge in [-0.15, -0.1) is 0 Å². The van der Waals surface area contributed by atoms with Gasteiger partial charge in [0.05, 0.1) is 12.1 Å². The van der Waals surface area contributed by atoms with Crippen molar-refractivity contribution in [1.29, 1.82) is 0 Å². The van der Waals surface area contributed by atoms with Crippen molar-refractivity contribution in [2.45, 2.75) is 31.7 Å². The van der Waals surface area contributed by atoms with Gasteiger partial charge in [-0.3, -0.25) is 9.59 Å². The second kappa shape index (κ2) is 7.27. The van der Waals surface area contributed by atoms with Gasteiger partial charge in [0.2, 0.25) is 0 Å². The van der Waals surface area contributed by atoms with Gasteiger partial charge < -0.3 is 9.64 Å². The summed E-state index contributed by atoms with van der Waals surface area (Å²) < 4.78 is 5.37. The van der Waals surface area contributed by atoms with E-state index in [2.05, 4.69) is 15.9 Å². The van der Waals surface area contributed by atoms with Crippen LogP contribution in [0, 0.1) is 0 Å². The van der Waals surface area contributed by atoms with Gasteiger partial charge in [-0.25, -0.2) is 0 Å². The monoisotopic (exact) mass is 373 g/mol. The number of rotatable bonds is 4. The van der Waals surface area contributed by atoms with Gasteiger partial charge in [0.15, 0.2) is 0 Å². The van der Waals surface area contributed by atoms with Crippen LogP contribution >= 0.6 is 27.5 Å². The average Bonchev–Trinajstić information content (AvgIpc) is 3.00. The van der Waals surface area contributed by atoms with Crippen molar-refractivity contribution in [1.82, 2.24) is 4.90 Å². The molecule has 0 radical (unpaired) electrons. The van der Waals surface area contributed by atoms with E-state index in [1.54, 1.807) is 23.1 Å². The normalized spacial score (nSPS) is 15.0. The lowest BCUT2D eigenvalue weighted by Crippen LogP contribution is -2.42. The van der Waals surface area contributed by atoms with E-state index in [9.17, 15) is 9.59 Å². The Morgan fingerprint density at radius 2 is 2.05 bits per heavy atom. The molecule has 0 aromatic heterocycles. The van der Waals surface area contributed by atoms with Crippen molar-refractivity contribution in [2.75, 3.05) is 13.7 Å². The zero-order valence-corrected chi connectivity index (χ0v) is 14.1. The number of amides is 1. The Kier molecular flexibility index (Phi) is 5.65. The highest BCUT2D eigenvalue weighted by Gasteiger charge is 2.29. The molecule has 0 spiro atoms. The Labute approximate surface area is 137 Å². The number of hydrogen-bond acceptors (Lipinski definition) is 3. The number of carbonyl (C=O) groups excluding carboxylic acids is 2. The highest BCUT2D eigenvalue weighted by molar-refractivity contribution is 9.10. The van der Waals surface area contributed by atoms with E-state index >= 15 is 0 Å². The van der Waals surface area contributed by atoms with Crippen LogP contribution in [0.2, 0.25) is 5.02 Å². The molecule has 2 rings (SSSR count). The van der Waals surface area contributed by atoms with Crippen LogP contribution in [-0.2, 0) is 9.53 Å². The lowest BCUT2D eigenvalue weighted by molar-refractivity contribution is -0.141. The van der Waals surface area contributed by atoms with Crippen LogP contribution in [0.1, 0.15) is 36.0 Å². The molecule has 0 heterocycles. The number of halogens is 2. The summed E-state index contributed by atoms with van der Waals surface area (Å²) in [5.41, 5.74) is 0.516. The van der Waals surface area contributed by atoms with E-state index in [1.807, 2.05) is 0 Å². The number of benzene rings is 1. The Hall–Kier alpha value is -1.07. The first-order valence-electron chi connectivity index (χ1n) is 6.85. The van der Waals surface area contributed by atoms with Crippen LogP contribution in [0.4, 0.5) is 0 Å². The molecule has 4 nitrogen and oxygen atoms in total. The van der Waals surface area contributed by atoms with Crippen molar-refractivity contribution in [3.05, 3.63) is 33.3 Å². The quantitative estimate of drug-likeness (QED) is 0.756. The van der Waals surface area contributed by atoms with Crippen LogP contribution < -0.4 is 0 Å². The molecule has 1 aliphatic carbocycles. The van der Waals surface area contributed by atoms with Gasteiger partial charge in [0.1, 0.15) is 6.54 Å². The van der Waals surface area contributed by atoms with Gasteiger partial charge in [-0.05, 0) is 47.0 Å². The first-order valence-corrected chi connectivity index (χ1v) is 8.03. The molecule has 0 saturated heterocycles. The number of methoxy groups -OCH3 is 1. The van der Waals surface area contributed by atoms with E-state index in [0.717, 1.165) is 25.7 Å². The van der Waals surface area contributed by atoms with Gasteiger partial charge in [-0.2, -0.15) is 0 Å². The van der Waals surface area contributed by atoms with E-state index < -0.39 is 5.97 Å². The van der Waals surface area contributed by atoms with Gasteiger partial charge >= 0.3 is 5.97 Å². The van der Waals surface area contributed by atoms with Crippen molar-refractivity contribution >= 4 is 39.4 Å². The fourth-order valence-electron chi connectivity index (χ4n) is 2.58. The van der Waals surface area contributed by atoms with Gasteiger partial charge in [-0.1, -0.05) is 24.4 Å². The second-order valence-corrected chi connectivity index (χ2v) is 6.34. The number of esters is 1. The second-order valence-electron chi connectivity index (χ2n) is 5.08. The fraction of sp³-hybridized carbons (Fsp3) is 0.467. The summed E-state index contributed by atoms with van der Waals surface area (Å²) in [5.74, 6) is -0.562. The van der Waals surface area contributed by atoms with Crippen LogP contribution in [0.3, 0.4) is 0 Å². The third kappa shape index (κ3) is 3.98. The minimum atomic E-state index is -0.400. The molecule has 114 valence electrons. The SMILES string of the molecule is COC(=O)CN(C(=O)c1ccc(Cl)c(Br)c1)C1CCCC1. The molecule has 1 amide bonds. The number of hydrogen-bond donors (Lipinski definition) is 0. The Balaban J connectivity index is 2.23. The highest BCUT2D eigenvalue weighted by atomic mass is 79.9. The summed E-state index contributed by atoms with van der Waals surface area (Å²) >= 11 is 9.27. The minimum Gasteiger partial charge on any atom is -0.468 e. The molecule has 1 saturated carbocycles. The smallest absolute Gasteiger partial charge is 0.325 e. The average molecular weight is 375 g/mol. The molecule has 0 bridgehead atoms. The van der Waals surface area contributed by atoms with Crippen LogP contribution in [-0.4, -0.2) is 36.5 Å². The van der Waals surface area contributed by atoms with Crippen molar-refractivity contribution in [3.8, 4) is 0 Å².